The highest BCUT2D eigenvalue weighted by Crippen LogP contribution is 2.19. The standard InChI is InChI=1S/C12H14FNO6S/c1-7-5-8(6-9(11(7)13)12(16)17)21(18,19)14-4-3-10(15)20-2/h5-6,14H,3-4H2,1-2H3,(H,16,17). The summed E-state index contributed by atoms with van der Waals surface area (Å²) in [6, 6.07) is 1.74. The number of nitrogens with one attached hydrogen (secondary N) is 1. The Morgan fingerprint density at radius 1 is 1.38 bits per heavy atom. The van der Waals surface area contributed by atoms with Crippen LogP contribution in [0.3, 0.4) is 0 Å². The van der Waals surface area contributed by atoms with Gasteiger partial charge in [-0.25, -0.2) is 22.3 Å². The van der Waals surface area contributed by atoms with Crippen molar-refractivity contribution in [3.8, 4) is 0 Å². The predicted molar refractivity (Wildman–Crippen MR) is 69.9 cm³/mol. The Balaban J connectivity index is 3.04. The zero-order chi connectivity index (χ0) is 16.2. The number of halogens is 1. The quantitative estimate of drug-likeness (QED) is 0.746. The van der Waals surface area contributed by atoms with E-state index in [1.54, 1.807) is 0 Å². The van der Waals surface area contributed by atoms with Crippen LogP contribution in [0.15, 0.2) is 17.0 Å². The number of aromatic carboxylic acids is 1. The molecule has 0 radical (unpaired) electrons. The van der Waals surface area contributed by atoms with E-state index in [-0.39, 0.29) is 23.4 Å². The smallest absolute Gasteiger partial charge is 0.338 e. The van der Waals surface area contributed by atoms with Gasteiger partial charge in [-0.05, 0) is 24.6 Å². The van der Waals surface area contributed by atoms with Gasteiger partial charge in [0.25, 0.3) is 0 Å². The minimum Gasteiger partial charge on any atom is -0.478 e. The van der Waals surface area contributed by atoms with Gasteiger partial charge < -0.3 is 9.84 Å². The molecule has 116 valence electrons. The monoisotopic (exact) mass is 319 g/mol. The third kappa shape index (κ3) is 4.23. The lowest BCUT2D eigenvalue weighted by molar-refractivity contribution is -0.140. The molecule has 0 atom stereocenters. The molecule has 0 saturated carbocycles. The van der Waals surface area contributed by atoms with Crippen LogP contribution >= 0.6 is 0 Å². The first-order valence-electron chi connectivity index (χ1n) is 5.79. The van der Waals surface area contributed by atoms with Crippen molar-refractivity contribution in [2.45, 2.75) is 18.2 Å². The predicted octanol–water partition coefficient (Wildman–Crippen LogP) is 0.674. The number of esters is 1. The van der Waals surface area contributed by atoms with Gasteiger partial charge in [-0.3, -0.25) is 4.79 Å². The maximum absolute atomic E-state index is 13.6. The number of carbonyl (C=O) groups excluding carboxylic acids is 1. The van der Waals surface area contributed by atoms with E-state index >= 15 is 0 Å². The average Bonchev–Trinajstić information content (AvgIpc) is 2.40. The molecule has 0 aromatic heterocycles. The van der Waals surface area contributed by atoms with Crippen molar-refractivity contribution >= 4 is 22.0 Å². The molecule has 0 aliphatic heterocycles. The first-order valence-corrected chi connectivity index (χ1v) is 7.27. The molecule has 1 aromatic rings. The van der Waals surface area contributed by atoms with E-state index in [1.807, 2.05) is 0 Å². The molecule has 0 heterocycles. The van der Waals surface area contributed by atoms with E-state index in [1.165, 1.54) is 14.0 Å². The number of hydrogen-bond donors (Lipinski definition) is 2. The number of aryl methyl sites for hydroxylation is 1. The lowest BCUT2D eigenvalue weighted by Gasteiger charge is -2.09. The van der Waals surface area contributed by atoms with E-state index in [2.05, 4.69) is 9.46 Å². The molecule has 0 spiro atoms. The minimum atomic E-state index is -4.05. The topological polar surface area (TPSA) is 110 Å². The molecule has 2 N–H and O–H groups in total. The zero-order valence-electron chi connectivity index (χ0n) is 11.3. The van der Waals surface area contributed by atoms with Crippen LogP contribution in [0.25, 0.3) is 0 Å². The van der Waals surface area contributed by atoms with Crippen molar-refractivity contribution in [2.24, 2.45) is 0 Å². The lowest BCUT2D eigenvalue weighted by atomic mass is 10.1. The molecular weight excluding hydrogens is 305 g/mol. The van der Waals surface area contributed by atoms with Crippen LogP contribution in [-0.2, 0) is 19.6 Å². The van der Waals surface area contributed by atoms with E-state index < -0.39 is 33.3 Å². The number of ether oxygens (including phenoxy) is 1. The summed E-state index contributed by atoms with van der Waals surface area (Å²) in [6.45, 7) is 1.04. The summed E-state index contributed by atoms with van der Waals surface area (Å²) in [5.74, 6) is -3.16. The van der Waals surface area contributed by atoms with Gasteiger partial charge in [0, 0.05) is 6.54 Å². The van der Waals surface area contributed by atoms with Crippen LogP contribution in [-0.4, -0.2) is 39.1 Å². The zero-order valence-corrected chi connectivity index (χ0v) is 12.2. The molecule has 0 fully saturated rings. The maximum atomic E-state index is 13.6. The van der Waals surface area contributed by atoms with Crippen molar-refractivity contribution in [3.05, 3.63) is 29.1 Å². The average molecular weight is 319 g/mol. The van der Waals surface area contributed by atoms with E-state index in [0.717, 1.165) is 12.1 Å². The van der Waals surface area contributed by atoms with Gasteiger partial charge in [0.2, 0.25) is 10.0 Å². The van der Waals surface area contributed by atoms with Crippen molar-refractivity contribution in [1.29, 1.82) is 0 Å². The first-order chi connectivity index (χ1) is 9.69. The Labute approximate surface area is 120 Å². The lowest BCUT2D eigenvalue weighted by Crippen LogP contribution is -2.27. The fourth-order valence-corrected chi connectivity index (χ4v) is 2.66. The van der Waals surface area contributed by atoms with Crippen molar-refractivity contribution in [1.82, 2.24) is 4.72 Å². The fourth-order valence-electron chi connectivity index (χ4n) is 1.52. The van der Waals surface area contributed by atoms with Gasteiger partial charge in [-0.15, -0.1) is 0 Å². The number of carbonyl (C=O) groups is 2. The Hall–Kier alpha value is -2.00. The van der Waals surface area contributed by atoms with Crippen LogP contribution < -0.4 is 4.72 Å². The second-order valence-electron chi connectivity index (χ2n) is 4.13. The van der Waals surface area contributed by atoms with Gasteiger partial charge >= 0.3 is 11.9 Å². The fraction of sp³-hybridized carbons (Fsp3) is 0.333. The van der Waals surface area contributed by atoms with Gasteiger partial charge in [-0.2, -0.15) is 0 Å². The van der Waals surface area contributed by atoms with Crippen LogP contribution in [0.5, 0.6) is 0 Å². The molecule has 21 heavy (non-hydrogen) atoms. The normalized spacial score (nSPS) is 11.2. The molecule has 0 aliphatic rings. The van der Waals surface area contributed by atoms with Crippen LogP contribution in [0.1, 0.15) is 22.3 Å². The van der Waals surface area contributed by atoms with Gasteiger partial charge in [0.1, 0.15) is 5.82 Å². The number of sulfonamides is 1. The largest absolute Gasteiger partial charge is 0.478 e. The molecular formula is C12H14FNO6S. The summed E-state index contributed by atoms with van der Waals surface area (Å²) in [5, 5.41) is 8.84. The Morgan fingerprint density at radius 2 is 2.00 bits per heavy atom. The van der Waals surface area contributed by atoms with Gasteiger partial charge in [-0.1, -0.05) is 0 Å². The number of benzene rings is 1. The summed E-state index contributed by atoms with van der Waals surface area (Å²) in [7, 11) is -2.88. The molecule has 0 aliphatic carbocycles. The number of carboxylic acid groups (broad SMARTS) is 1. The highest BCUT2D eigenvalue weighted by Gasteiger charge is 2.21. The molecule has 1 rings (SSSR count). The number of hydrogen-bond acceptors (Lipinski definition) is 5. The second kappa shape index (κ2) is 6.64. The molecule has 0 amide bonds. The maximum Gasteiger partial charge on any atom is 0.338 e. The second-order valence-corrected chi connectivity index (χ2v) is 5.90. The van der Waals surface area contributed by atoms with E-state index in [4.69, 9.17) is 5.11 Å². The van der Waals surface area contributed by atoms with E-state index in [0.29, 0.717) is 0 Å². The SMILES string of the molecule is COC(=O)CCNS(=O)(=O)c1cc(C)c(F)c(C(=O)O)c1. The summed E-state index contributed by atoms with van der Waals surface area (Å²) < 4.78 is 44.0. The molecule has 0 bridgehead atoms. The highest BCUT2D eigenvalue weighted by molar-refractivity contribution is 7.89. The van der Waals surface area contributed by atoms with Crippen molar-refractivity contribution < 1.29 is 32.2 Å². The van der Waals surface area contributed by atoms with Crippen LogP contribution in [0, 0.1) is 12.7 Å². The molecule has 9 heteroatoms. The minimum absolute atomic E-state index is 0.108. The first kappa shape index (κ1) is 17.1. The number of carboxylic acids is 1. The summed E-state index contributed by atoms with van der Waals surface area (Å²) in [6.07, 6.45) is -0.179. The summed E-state index contributed by atoms with van der Waals surface area (Å²) >= 11 is 0. The van der Waals surface area contributed by atoms with Crippen molar-refractivity contribution in [2.75, 3.05) is 13.7 Å². The molecule has 0 unspecified atom stereocenters. The van der Waals surface area contributed by atoms with Crippen LogP contribution in [0.4, 0.5) is 4.39 Å². The molecule has 1 aromatic carbocycles. The number of methoxy groups -OCH3 is 1. The van der Waals surface area contributed by atoms with E-state index in [9.17, 15) is 22.4 Å². The molecule has 0 saturated heterocycles. The highest BCUT2D eigenvalue weighted by atomic mass is 32.2. The van der Waals surface area contributed by atoms with Gasteiger partial charge in [0.05, 0.1) is 24.0 Å². The molecule has 7 nitrogen and oxygen atoms in total. The van der Waals surface area contributed by atoms with Crippen LogP contribution in [0.2, 0.25) is 0 Å². The summed E-state index contributed by atoms with van der Waals surface area (Å²) in [4.78, 5) is 21.4. The number of rotatable bonds is 6. The third-order valence-electron chi connectivity index (χ3n) is 2.62. The summed E-state index contributed by atoms with van der Waals surface area (Å²) in [5.41, 5.74) is -0.841. The Morgan fingerprint density at radius 3 is 2.52 bits per heavy atom. The van der Waals surface area contributed by atoms with Crippen molar-refractivity contribution in [3.63, 3.8) is 0 Å². The third-order valence-corrected chi connectivity index (χ3v) is 4.06. The Bertz CT molecular complexity index is 671. The van der Waals surface area contributed by atoms with Gasteiger partial charge in [0.15, 0.2) is 0 Å². The Kier molecular flexibility index (Phi) is 5.39.